The van der Waals surface area contributed by atoms with E-state index in [-0.39, 0.29) is 5.56 Å². The molecule has 0 aliphatic carbocycles. The van der Waals surface area contributed by atoms with Crippen LogP contribution in [0.25, 0.3) is 16.6 Å². The Kier molecular flexibility index (Phi) is 3.74. The fraction of sp³-hybridized carbons (Fsp3) is 0.125. The molecule has 3 aromatic rings. The van der Waals surface area contributed by atoms with Crippen molar-refractivity contribution >= 4 is 34.3 Å². The van der Waals surface area contributed by atoms with Crippen molar-refractivity contribution in [2.24, 2.45) is 0 Å². The van der Waals surface area contributed by atoms with E-state index in [4.69, 9.17) is 11.6 Å². The second-order valence-electron chi connectivity index (χ2n) is 4.74. The lowest BCUT2D eigenvalue weighted by Crippen LogP contribution is -2.21. The predicted octanol–water partition coefficient (Wildman–Crippen LogP) is 4.07. The van der Waals surface area contributed by atoms with Crippen LogP contribution in [0.3, 0.4) is 0 Å². The fourth-order valence-electron chi connectivity index (χ4n) is 2.20. The minimum Gasteiger partial charge on any atom is -0.268 e. The summed E-state index contributed by atoms with van der Waals surface area (Å²) in [5.41, 5.74) is 2.52. The van der Waals surface area contributed by atoms with Crippen molar-refractivity contribution in [3.8, 4) is 5.69 Å². The molecular weight excluding hydrogens is 304 g/mol. The summed E-state index contributed by atoms with van der Waals surface area (Å²) >= 11 is 7.42. The van der Waals surface area contributed by atoms with Crippen molar-refractivity contribution < 1.29 is 0 Å². The molecule has 21 heavy (non-hydrogen) atoms. The molecule has 3 nitrogen and oxygen atoms in total. The molecule has 0 aliphatic heterocycles. The Morgan fingerprint density at radius 1 is 1.14 bits per heavy atom. The molecule has 0 radical (unpaired) electrons. The molecular formula is C16H13ClN2OS. The van der Waals surface area contributed by atoms with Crippen LogP contribution in [-0.2, 0) is 0 Å². The van der Waals surface area contributed by atoms with Gasteiger partial charge in [-0.3, -0.25) is 9.36 Å². The van der Waals surface area contributed by atoms with E-state index in [1.54, 1.807) is 22.8 Å². The van der Waals surface area contributed by atoms with Gasteiger partial charge in [0.2, 0.25) is 0 Å². The summed E-state index contributed by atoms with van der Waals surface area (Å²) in [7, 11) is 0. The number of benzene rings is 2. The lowest BCUT2D eigenvalue weighted by atomic mass is 10.2. The summed E-state index contributed by atoms with van der Waals surface area (Å²) in [5, 5.41) is 1.80. The van der Waals surface area contributed by atoms with Crippen LogP contribution in [0, 0.1) is 6.92 Å². The van der Waals surface area contributed by atoms with Crippen LogP contribution >= 0.6 is 23.4 Å². The summed E-state index contributed by atoms with van der Waals surface area (Å²) in [6.45, 7) is 2.02. The van der Waals surface area contributed by atoms with Crippen molar-refractivity contribution in [2.45, 2.75) is 12.1 Å². The molecule has 0 amide bonds. The Balaban J connectivity index is 2.36. The highest BCUT2D eigenvalue weighted by Crippen LogP contribution is 2.21. The molecule has 0 saturated heterocycles. The van der Waals surface area contributed by atoms with Gasteiger partial charge in [0.1, 0.15) is 0 Å². The number of aryl methyl sites for hydroxylation is 1. The molecule has 0 N–H and O–H groups in total. The average Bonchev–Trinajstić information content (AvgIpc) is 2.48. The van der Waals surface area contributed by atoms with Crippen molar-refractivity contribution in [3.63, 3.8) is 0 Å². The van der Waals surface area contributed by atoms with Gasteiger partial charge >= 0.3 is 0 Å². The molecule has 3 rings (SSSR count). The minimum atomic E-state index is -0.0788. The van der Waals surface area contributed by atoms with Gasteiger partial charge in [-0.25, -0.2) is 4.98 Å². The van der Waals surface area contributed by atoms with Gasteiger partial charge in [-0.2, -0.15) is 0 Å². The standard InChI is InChI=1S/C16H13ClN2OS/c1-10-3-6-12(7-4-10)19-15(20)13-8-5-11(17)9-14(13)18-16(19)21-2/h3-9H,1-2H3. The number of aromatic nitrogens is 2. The molecule has 0 saturated carbocycles. The zero-order valence-electron chi connectivity index (χ0n) is 11.6. The summed E-state index contributed by atoms with van der Waals surface area (Å²) < 4.78 is 1.64. The highest BCUT2D eigenvalue weighted by molar-refractivity contribution is 7.98. The van der Waals surface area contributed by atoms with E-state index >= 15 is 0 Å². The second kappa shape index (κ2) is 5.54. The van der Waals surface area contributed by atoms with Crippen molar-refractivity contribution in [1.29, 1.82) is 0 Å². The molecule has 2 aromatic carbocycles. The number of halogens is 1. The van der Waals surface area contributed by atoms with Crippen LogP contribution in [0.4, 0.5) is 0 Å². The number of hydrogen-bond donors (Lipinski definition) is 0. The Bertz CT molecular complexity index is 872. The molecule has 0 unspecified atom stereocenters. The Morgan fingerprint density at radius 2 is 1.86 bits per heavy atom. The zero-order chi connectivity index (χ0) is 15.0. The van der Waals surface area contributed by atoms with Crippen molar-refractivity contribution in [3.05, 3.63) is 63.4 Å². The topological polar surface area (TPSA) is 34.9 Å². The molecule has 1 aromatic heterocycles. The van der Waals surface area contributed by atoms with Crippen molar-refractivity contribution in [1.82, 2.24) is 9.55 Å². The van der Waals surface area contributed by atoms with E-state index in [1.807, 2.05) is 37.4 Å². The van der Waals surface area contributed by atoms with Gasteiger partial charge in [0.25, 0.3) is 5.56 Å². The van der Waals surface area contributed by atoms with Crippen LogP contribution in [0.5, 0.6) is 0 Å². The third kappa shape index (κ3) is 2.57. The van der Waals surface area contributed by atoms with Gasteiger partial charge in [0, 0.05) is 5.02 Å². The average molecular weight is 317 g/mol. The summed E-state index contributed by atoms with van der Waals surface area (Å²) in [6, 6.07) is 13.0. The smallest absolute Gasteiger partial charge is 0.266 e. The first kappa shape index (κ1) is 14.2. The molecule has 0 fully saturated rings. The van der Waals surface area contributed by atoms with Gasteiger partial charge in [0.15, 0.2) is 5.16 Å². The summed E-state index contributed by atoms with van der Waals surface area (Å²) in [4.78, 5) is 17.3. The van der Waals surface area contributed by atoms with E-state index in [1.165, 1.54) is 11.8 Å². The third-order valence-electron chi connectivity index (χ3n) is 3.28. The van der Waals surface area contributed by atoms with E-state index in [2.05, 4.69) is 4.98 Å². The number of fused-ring (bicyclic) bond motifs is 1. The van der Waals surface area contributed by atoms with Crippen LogP contribution in [0.15, 0.2) is 52.4 Å². The maximum Gasteiger partial charge on any atom is 0.266 e. The van der Waals surface area contributed by atoms with Crippen LogP contribution in [0.1, 0.15) is 5.56 Å². The predicted molar refractivity (Wildman–Crippen MR) is 88.9 cm³/mol. The largest absolute Gasteiger partial charge is 0.268 e. The first-order chi connectivity index (χ1) is 10.1. The zero-order valence-corrected chi connectivity index (χ0v) is 13.2. The first-order valence-electron chi connectivity index (χ1n) is 6.43. The fourth-order valence-corrected chi connectivity index (χ4v) is 2.92. The molecule has 0 bridgehead atoms. The Morgan fingerprint density at radius 3 is 2.52 bits per heavy atom. The highest BCUT2D eigenvalue weighted by atomic mass is 35.5. The van der Waals surface area contributed by atoms with Crippen LogP contribution < -0.4 is 5.56 Å². The lowest BCUT2D eigenvalue weighted by molar-refractivity contribution is 0.821. The van der Waals surface area contributed by atoms with E-state index in [0.717, 1.165) is 11.3 Å². The van der Waals surface area contributed by atoms with Crippen LogP contribution in [-0.4, -0.2) is 15.8 Å². The van der Waals surface area contributed by atoms with Crippen LogP contribution in [0.2, 0.25) is 5.02 Å². The SMILES string of the molecule is CSc1nc2cc(Cl)ccc2c(=O)n1-c1ccc(C)cc1. The summed E-state index contributed by atoms with van der Waals surface area (Å²) in [5.74, 6) is 0. The van der Waals surface area contributed by atoms with Crippen molar-refractivity contribution in [2.75, 3.05) is 6.26 Å². The molecule has 0 aliphatic rings. The highest BCUT2D eigenvalue weighted by Gasteiger charge is 2.12. The first-order valence-corrected chi connectivity index (χ1v) is 8.04. The number of rotatable bonds is 2. The van der Waals surface area contributed by atoms with E-state index < -0.39 is 0 Å². The third-order valence-corrected chi connectivity index (χ3v) is 4.15. The molecule has 106 valence electrons. The van der Waals surface area contributed by atoms with Gasteiger partial charge in [-0.05, 0) is 43.5 Å². The van der Waals surface area contributed by atoms with Gasteiger partial charge in [-0.15, -0.1) is 0 Å². The quantitative estimate of drug-likeness (QED) is 0.528. The maximum atomic E-state index is 12.8. The molecule has 0 spiro atoms. The number of hydrogen-bond acceptors (Lipinski definition) is 3. The normalized spacial score (nSPS) is 11.0. The minimum absolute atomic E-state index is 0.0788. The van der Waals surface area contributed by atoms with Gasteiger partial charge < -0.3 is 0 Å². The molecule has 0 atom stereocenters. The van der Waals surface area contributed by atoms with Gasteiger partial charge in [-0.1, -0.05) is 41.1 Å². The molecule has 5 heteroatoms. The maximum absolute atomic E-state index is 12.8. The monoisotopic (exact) mass is 316 g/mol. The lowest BCUT2D eigenvalue weighted by Gasteiger charge is -2.12. The molecule has 1 heterocycles. The Hall–Kier alpha value is -1.78. The second-order valence-corrected chi connectivity index (χ2v) is 5.95. The van der Waals surface area contributed by atoms with Gasteiger partial charge in [0.05, 0.1) is 16.6 Å². The number of thioether (sulfide) groups is 1. The summed E-state index contributed by atoms with van der Waals surface area (Å²) in [6.07, 6.45) is 1.91. The number of nitrogens with zero attached hydrogens (tertiary/aromatic N) is 2. The Labute approximate surface area is 131 Å². The van der Waals surface area contributed by atoms with E-state index in [9.17, 15) is 4.79 Å². The van der Waals surface area contributed by atoms with E-state index in [0.29, 0.717) is 21.1 Å².